The van der Waals surface area contributed by atoms with Gasteiger partial charge in [-0.1, -0.05) is 0 Å². The molecule has 1 aromatic rings. The lowest BCUT2D eigenvalue weighted by atomic mass is 10.2. The van der Waals surface area contributed by atoms with Crippen molar-refractivity contribution in [3.05, 3.63) is 33.8 Å². The molecule has 0 aliphatic heterocycles. The molecule has 0 aromatic heterocycles. The Labute approximate surface area is 92.8 Å². The average Bonchev–Trinajstić information content (AvgIpc) is 2.18. The van der Waals surface area contributed by atoms with Crippen LogP contribution in [0, 0.1) is 11.6 Å². The predicted molar refractivity (Wildman–Crippen MR) is 57.5 cm³/mol. The molecule has 0 amide bonds. The van der Waals surface area contributed by atoms with Gasteiger partial charge in [-0.2, -0.15) is 5.10 Å². The summed E-state index contributed by atoms with van der Waals surface area (Å²) in [6.45, 7) is 0. The van der Waals surface area contributed by atoms with Gasteiger partial charge in [0, 0.05) is 5.56 Å². The first-order valence-electron chi connectivity index (χ1n) is 3.78. The van der Waals surface area contributed by atoms with Gasteiger partial charge in [0.05, 0.1) is 10.7 Å². The molecule has 0 bridgehead atoms. The third-order valence-electron chi connectivity index (χ3n) is 1.44. The molecule has 1 rings (SSSR count). The van der Waals surface area contributed by atoms with Crippen LogP contribution in [0.25, 0.3) is 0 Å². The summed E-state index contributed by atoms with van der Waals surface area (Å²) in [5.74, 6) is -1.69. The van der Waals surface area contributed by atoms with Gasteiger partial charge in [-0.15, -0.1) is 5.10 Å². The van der Waals surface area contributed by atoms with Crippen molar-refractivity contribution < 1.29 is 8.78 Å². The largest absolute Gasteiger partial charge is 0.369 e. The summed E-state index contributed by atoms with van der Waals surface area (Å²) in [6.07, 6.45) is 1.08. The lowest BCUT2D eigenvalue weighted by Crippen LogP contribution is -2.21. The third-order valence-corrected chi connectivity index (χ3v) is 2.16. The molecule has 0 atom stereocenters. The van der Waals surface area contributed by atoms with E-state index in [1.165, 1.54) is 6.07 Å². The van der Waals surface area contributed by atoms with Gasteiger partial charge in [0.25, 0.3) is 0 Å². The molecular weight excluding hydrogens is 270 g/mol. The summed E-state index contributed by atoms with van der Waals surface area (Å²) in [4.78, 5) is 0. The molecule has 7 heteroatoms. The molecule has 0 aliphatic rings. The molecule has 0 unspecified atom stereocenters. The van der Waals surface area contributed by atoms with E-state index in [4.69, 9.17) is 11.5 Å². The van der Waals surface area contributed by atoms with E-state index in [9.17, 15) is 8.78 Å². The number of nitrogens with two attached hydrogens (primary N) is 2. The van der Waals surface area contributed by atoms with Crippen LogP contribution in [0.5, 0.6) is 0 Å². The molecule has 4 nitrogen and oxygen atoms in total. The van der Waals surface area contributed by atoms with Gasteiger partial charge in [-0.25, -0.2) is 8.78 Å². The number of guanidine groups is 1. The van der Waals surface area contributed by atoms with Crippen LogP contribution in [0.2, 0.25) is 0 Å². The van der Waals surface area contributed by atoms with Gasteiger partial charge in [0.1, 0.15) is 11.6 Å². The van der Waals surface area contributed by atoms with E-state index in [-0.39, 0.29) is 16.0 Å². The van der Waals surface area contributed by atoms with E-state index in [1.807, 2.05) is 0 Å². The third kappa shape index (κ3) is 2.98. The van der Waals surface area contributed by atoms with Crippen LogP contribution in [-0.4, -0.2) is 12.2 Å². The molecule has 0 saturated carbocycles. The number of benzene rings is 1. The Morgan fingerprint density at radius 3 is 2.60 bits per heavy atom. The highest BCUT2D eigenvalue weighted by atomic mass is 79.9. The zero-order chi connectivity index (χ0) is 11.4. The van der Waals surface area contributed by atoms with Crippen molar-refractivity contribution in [2.75, 3.05) is 0 Å². The van der Waals surface area contributed by atoms with E-state index >= 15 is 0 Å². The summed E-state index contributed by atoms with van der Waals surface area (Å²) in [6, 6.07) is 2.32. The summed E-state index contributed by atoms with van der Waals surface area (Å²) in [5, 5.41) is 6.68. The number of hydrogen-bond donors (Lipinski definition) is 2. The molecule has 0 radical (unpaired) electrons. The molecule has 4 N–H and O–H groups in total. The highest BCUT2D eigenvalue weighted by Crippen LogP contribution is 2.21. The first-order valence-corrected chi connectivity index (χ1v) is 4.57. The zero-order valence-electron chi connectivity index (χ0n) is 7.42. The normalized spacial score (nSPS) is 10.6. The standard InChI is InChI=1S/C8H7BrF2N4/c9-6-5(10)2-1-4(7(6)11)3-14-15-8(12)13/h1-3H,(H4,12,13,15). The van der Waals surface area contributed by atoms with E-state index in [2.05, 4.69) is 26.1 Å². The van der Waals surface area contributed by atoms with Crippen molar-refractivity contribution in [3.63, 3.8) is 0 Å². The molecule has 0 heterocycles. The summed E-state index contributed by atoms with van der Waals surface area (Å²) >= 11 is 2.75. The smallest absolute Gasteiger partial charge is 0.211 e. The summed E-state index contributed by atoms with van der Waals surface area (Å²) < 4.78 is 25.9. The van der Waals surface area contributed by atoms with Gasteiger partial charge < -0.3 is 11.5 Å². The van der Waals surface area contributed by atoms with Crippen molar-refractivity contribution in [3.8, 4) is 0 Å². The fourth-order valence-electron chi connectivity index (χ4n) is 0.798. The van der Waals surface area contributed by atoms with Crippen molar-refractivity contribution in [1.29, 1.82) is 0 Å². The fourth-order valence-corrected chi connectivity index (χ4v) is 1.16. The van der Waals surface area contributed by atoms with Gasteiger partial charge >= 0.3 is 0 Å². The quantitative estimate of drug-likeness (QED) is 0.370. The van der Waals surface area contributed by atoms with Crippen LogP contribution in [0.4, 0.5) is 8.78 Å². The Balaban J connectivity index is 3.02. The van der Waals surface area contributed by atoms with Crippen molar-refractivity contribution in [1.82, 2.24) is 0 Å². The van der Waals surface area contributed by atoms with E-state index in [0.29, 0.717) is 0 Å². The Bertz CT molecular complexity index is 427. The molecule has 1 aromatic carbocycles. The minimum absolute atomic E-state index is 0.0771. The van der Waals surface area contributed by atoms with Gasteiger partial charge in [0.15, 0.2) is 0 Å². The van der Waals surface area contributed by atoms with Crippen LogP contribution < -0.4 is 11.5 Å². The lowest BCUT2D eigenvalue weighted by molar-refractivity contribution is 0.570. The molecule has 0 spiro atoms. The van der Waals surface area contributed by atoms with Crippen molar-refractivity contribution >= 4 is 28.1 Å². The van der Waals surface area contributed by atoms with Crippen LogP contribution in [0.1, 0.15) is 5.56 Å². The average molecular weight is 277 g/mol. The van der Waals surface area contributed by atoms with Crippen LogP contribution in [0.15, 0.2) is 26.8 Å². The summed E-state index contributed by atoms with van der Waals surface area (Å²) in [5.41, 5.74) is 10.1. The highest BCUT2D eigenvalue weighted by molar-refractivity contribution is 9.10. The Kier molecular flexibility index (Phi) is 3.73. The maximum absolute atomic E-state index is 13.3. The van der Waals surface area contributed by atoms with Crippen LogP contribution in [0.3, 0.4) is 0 Å². The Morgan fingerprint density at radius 1 is 1.33 bits per heavy atom. The maximum Gasteiger partial charge on any atom is 0.211 e. The number of hydrogen-bond acceptors (Lipinski definition) is 2. The van der Waals surface area contributed by atoms with Crippen molar-refractivity contribution in [2.45, 2.75) is 0 Å². The second-order valence-corrected chi connectivity index (χ2v) is 3.33. The van der Waals surface area contributed by atoms with Crippen LogP contribution in [-0.2, 0) is 0 Å². The predicted octanol–water partition coefficient (Wildman–Crippen LogP) is 1.33. The topological polar surface area (TPSA) is 76.8 Å². The summed E-state index contributed by atoms with van der Waals surface area (Å²) in [7, 11) is 0. The Morgan fingerprint density at radius 2 is 2.00 bits per heavy atom. The first kappa shape index (κ1) is 11.6. The second kappa shape index (κ2) is 4.83. The van der Waals surface area contributed by atoms with E-state index < -0.39 is 11.6 Å². The molecule has 80 valence electrons. The van der Waals surface area contributed by atoms with E-state index in [0.717, 1.165) is 12.3 Å². The SMILES string of the molecule is NC(N)=NN=Cc1ccc(F)c(Br)c1F. The monoisotopic (exact) mass is 276 g/mol. The molecular formula is C8H7BrF2N4. The molecule has 0 saturated heterocycles. The van der Waals surface area contributed by atoms with Gasteiger partial charge in [-0.3, -0.25) is 0 Å². The van der Waals surface area contributed by atoms with Gasteiger partial charge in [-0.05, 0) is 28.1 Å². The van der Waals surface area contributed by atoms with E-state index in [1.54, 1.807) is 0 Å². The number of rotatable bonds is 2. The molecule has 0 aliphatic carbocycles. The lowest BCUT2D eigenvalue weighted by Gasteiger charge is -1.99. The highest BCUT2D eigenvalue weighted by Gasteiger charge is 2.09. The minimum atomic E-state index is -0.760. The molecule has 0 fully saturated rings. The zero-order valence-corrected chi connectivity index (χ0v) is 9.00. The first-order chi connectivity index (χ1) is 7.02. The fraction of sp³-hybridized carbons (Fsp3) is 0. The minimum Gasteiger partial charge on any atom is -0.369 e. The molecule has 15 heavy (non-hydrogen) atoms. The second-order valence-electron chi connectivity index (χ2n) is 2.53. The van der Waals surface area contributed by atoms with Gasteiger partial charge in [0.2, 0.25) is 5.96 Å². The number of halogens is 3. The Hall–Kier alpha value is -1.50. The van der Waals surface area contributed by atoms with Crippen molar-refractivity contribution in [2.24, 2.45) is 21.7 Å². The maximum atomic E-state index is 13.3. The van der Waals surface area contributed by atoms with Crippen LogP contribution >= 0.6 is 15.9 Å². The number of nitrogens with zero attached hydrogens (tertiary/aromatic N) is 2.